The molecule has 330 valence electrons. The number of unbranched alkanes of at least 4 members (excludes halogenated alkanes) is 15. The zero-order chi connectivity index (χ0) is 42.5. The van der Waals surface area contributed by atoms with Crippen LogP contribution in [0.1, 0.15) is 224 Å². The minimum atomic E-state index is -0.758. The van der Waals surface area contributed by atoms with Crippen LogP contribution in [0.5, 0.6) is 0 Å². The Morgan fingerprint density at radius 3 is 1.68 bits per heavy atom. The number of hydrogen-bond acceptors (Lipinski definition) is 9. The van der Waals surface area contributed by atoms with E-state index < -0.39 is 16.7 Å². The van der Waals surface area contributed by atoms with Crippen LogP contribution in [0.25, 0.3) is 0 Å². The van der Waals surface area contributed by atoms with E-state index in [0.29, 0.717) is 13.0 Å². The van der Waals surface area contributed by atoms with Crippen molar-refractivity contribution >= 4 is 17.9 Å². The topological polar surface area (TPSA) is 114 Å². The highest BCUT2D eigenvalue weighted by Crippen LogP contribution is 2.40. The highest BCUT2D eigenvalue weighted by atomic mass is 16.6. The van der Waals surface area contributed by atoms with E-state index in [1.807, 2.05) is 27.7 Å². The van der Waals surface area contributed by atoms with E-state index in [9.17, 15) is 19.5 Å². The molecule has 2 atom stereocenters. The van der Waals surface area contributed by atoms with Crippen LogP contribution in [0.4, 0.5) is 0 Å². The molecule has 0 aromatic rings. The lowest BCUT2D eigenvalue weighted by molar-refractivity contribution is -0.167. The second kappa shape index (κ2) is 25.7. The van der Waals surface area contributed by atoms with Gasteiger partial charge in [0.1, 0.15) is 24.9 Å². The first kappa shape index (κ1) is 52.3. The third-order valence-electron chi connectivity index (χ3n) is 11.7. The standard InChI is InChI=1S/C31H61NO3.C16H29NO4/c1-8-9-10-11-12-13-14-15-16-17-18-19-20-21-22-23-28(33)35-27-24-29(2,3)32(26-31(6,7)34)30(4,5)25-27;1-6-8-9-12(7-2)13(18)20-10-16(5)11-21-14(19)15(3,4)17-16/h27,34H,8-26H2,1-7H3;12,17H,6-11H2,1-5H3. The average Bonchev–Trinajstić information content (AvgIpc) is 3.09. The highest BCUT2D eigenvalue weighted by Gasteiger charge is 2.48. The molecule has 2 heterocycles. The molecule has 2 fully saturated rings. The zero-order valence-corrected chi connectivity index (χ0v) is 38.7. The number of nitrogens with one attached hydrogen (secondary N) is 1. The number of carbonyl (C=O) groups is 3. The molecule has 2 aliphatic heterocycles. The van der Waals surface area contributed by atoms with Crippen molar-refractivity contribution in [3.8, 4) is 0 Å². The summed E-state index contributed by atoms with van der Waals surface area (Å²) in [7, 11) is 0. The van der Waals surface area contributed by atoms with Crippen molar-refractivity contribution in [2.24, 2.45) is 5.92 Å². The van der Waals surface area contributed by atoms with Gasteiger partial charge in [-0.1, -0.05) is 124 Å². The van der Waals surface area contributed by atoms with Gasteiger partial charge in [0.15, 0.2) is 0 Å². The maximum Gasteiger partial charge on any atom is 0.325 e. The molecular weight excluding hydrogens is 705 g/mol. The Hall–Kier alpha value is -1.71. The van der Waals surface area contributed by atoms with E-state index in [0.717, 1.165) is 51.4 Å². The highest BCUT2D eigenvalue weighted by molar-refractivity contribution is 5.81. The summed E-state index contributed by atoms with van der Waals surface area (Å²) in [5, 5.41) is 13.6. The number of β-amino-alcohol motifs (C(OH)–C–C–N with tert-alkyl or cyclic N) is 1. The normalized spacial score (nSPS) is 21.4. The molecule has 0 aromatic heterocycles. The Morgan fingerprint density at radius 2 is 1.25 bits per heavy atom. The fraction of sp³-hybridized carbons (Fsp3) is 0.936. The Labute approximate surface area is 344 Å². The molecule has 9 heteroatoms. The van der Waals surface area contributed by atoms with Gasteiger partial charge in [0.2, 0.25) is 0 Å². The minimum absolute atomic E-state index is 0.0345. The Balaban J connectivity index is 0.000000635. The predicted molar refractivity (Wildman–Crippen MR) is 231 cm³/mol. The Kier molecular flexibility index (Phi) is 24.0. The van der Waals surface area contributed by atoms with Crippen LogP contribution in [-0.2, 0) is 28.6 Å². The molecule has 9 nitrogen and oxygen atoms in total. The second-order valence-electron chi connectivity index (χ2n) is 20.0. The molecule has 2 unspecified atom stereocenters. The summed E-state index contributed by atoms with van der Waals surface area (Å²) >= 11 is 0. The van der Waals surface area contributed by atoms with E-state index >= 15 is 0 Å². The van der Waals surface area contributed by atoms with Gasteiger partial charge in [-0.25, -0.2) is 0 Å². The number of nitrogens with zero attached hydrogens (tertiary/aromatic N) is 1. The van der Waals surface area contributed by atoms with E-state index in [1.165, 1.54) is 83.5 Å². The quantitative estimate of drug-likeness (QED) is 0.0502. The number of cyclic esters (lactones) is 1. The molecule has 0 radical (unpaired) electrons. The van der Waals surface area contributed by atoms with E-state index in [2.05, 4.69) is 51.8 Å². The van der Waals surface area contributed by atoms with E-state index in [-0.39, 0.29) is 54.2 Å². The van der Waals surface area contributed by atoms with Gasteiger partial charge in [0.05, 0.1) is 17.1 Å². The molecule has 0 spiro atoms. The summed E-state index contributed by atoms with van der Waals surface area (Å²) < 4.78 is 16.6. The monoisotopic (exact) mass is 795 g/mol. The molecule has 56 heavy (non-hydrogen) atoms. The van der Waals surface area contributed by atoms with E-state index in [4.69, 9.17) is 14.2 Å². The molecule has 2 aliphatic rings. The molecule has 0 saturated carbocycles. The third kappa shape index (κ3) is 21.3. The lowest BCUT2D eigenvalue weighted by Gasteiger charge is -2.56. The second-order valence-corrected chi connectivity index (χ2v) is 20.0. The van der Waals surface area contributed by atoms with Gasteiger partial charge in [-0.2, -0.15) is 0 Å². The number of morpholine rings is 1. The van der Waals surface area contributed by atoms with Crippen LogP contribution in [0.15, 0.2) is 0 Å². The fourth-order valence-corrected chi connectivity index (χ4v) is 8.62. The lowest BCUT2D eigenvalue weighted by Crippen LogP contribution is -2.66. The first-order valence-corrected chi connectivity index (χ1v) is 22.9. The van der Waals surface area contributed by atoms with Crippen LogP contribution < -0.4 is 5.32 Å². The summed E-state index contributed by atoms with van der Waals surface area (Å²) in [4.78, 5) is 38.6. The van der Waals surface area contributed by atoms with Gasteiger partial charge >= 0.3 is 17.9 Å². The average molecular weight is 795 g/mol. The van der Waals surface area contributed by atoms with Crippen LogP contribution in [-0.4, -0.2) is 81.5 Å². The lowest BCUT2D eigenvalue weighted by atomic mass is 9.77. The molecule has 0 aromatic carbocycles. The van der Waals surface area contributed by atoms with Crippen LogP contribution >= 0.6 is 0 Å². The minimum Gasteiger partial charge on any atom is -0.463 e. The SMILES string of the molecule is CCCCC(CC)C(=O)OCC1(C)COC(=O)C(C)(C)N1.CCCCCCCCCCCCCCCCCC(=O)OC1CC(C)(C)N(CC(C)(C)O)C(C)(C)C1. The van der Waals surface area contributed by atoms with Gasteiger partial charge in [-0.15, -0.1) is 0 Å². The van der Waals surface area contributed by atoms with Gasteiger partial charge in [0, 0.05) is 36.9 Å². The van der Waals surface area contributed by atoms with Crippen LogP contribution in [0.2, 0.25) is 0 Å². The summed E-state index contributed by atoms with van der Waals surface area (Å²) in [6.45, 7) is 25.4. The number of esters is 3. The van der Waals surface area contributed by atoms with Crippen molar-refractivity contribution in [3.63, 3.8) is 0 Å². The first-order valence-electron chi connectivity index (χ1n) is 22.9. The number of ether oxygens (including phenoxy) is 3. The smallest absolute Gasteiger partial charge is 0.325 e. The molecular formula is C47H90N2O7. The van der Waals surface area contributed by atoms with Crippen molar-refractivity contribution in [1.82, 2.24) is 10.2 Å². The summed E-state index contributed by atoms with van der Waals surface area (Å²) in [6.07, 6.45) is 25.9. The van der Waals surface area contributed by atoms with Crippen molar-refractivity contribution < 1.29 is 33.7 Å². The van der Waals surface area contributed by atoms with Gasteiger partial charge in [-0.3, -0.25) is 24.6 Å². The number of hydrogen-bond donors (Lipinski definition) is 2. The largest absolute Gasteiger partial charge is 0.463 e. The maximum absolute atomic E-state index is 12.5. The van der Waals surface area contributed by atoms with Crippen molar-refractivity contribution in [3.05, 3.63) is 0 Å². The zero-order valence-electron chi connectivity index (χ0n) is 38.7. The number of likely N-dealkylation sites (tertiary alicyclic amines) is 1. The van der Waals surface area contributed by atoms with E-state index in [1.54, 1.807) is 13.8 Å². The molecule has 2 rings (SSSR count). The molecule has 0 bridgehead atoms. The van der Waals surface area contributed by atoms with Crippen molar-refractivity contribution in [2.75, 3.05) is 19.8 Å². The Morgan fingerprint density at radius 1 is 0.786 bits per heavy atom. The number of carbonyl (C=O) groups excluding carboxylic acids is 3. The third-order valence-corrected chi connectivity index (χ3v) is 11.7. The number of rotatable bonds is 26. The first-order chi connectivity index (χ1) is 26.1. The predicted octanol–water partition coefficient (Wildman–Crippen LogP) is 11.0. The fourth-order valence-electron chi connectivity index (χ4n) is 8.62. The summed E-state index contributed by atoms with van der Waals surface area (Å²) in [5.74, 6) is -0.496. The number of piperidine rings is 1. The molecule has 0 aliphatic carbocycles. The van der Waals surface area contributed by atoms with Gasteiger partial charge < -0.3 is 19.3 Å². The van der Waals surface area contributed by atoms with Crippen LogP contribution in [0.3, 0.4) is 0 Å². The number of aliphatic hydroxyl groups is 1. The van der Waals surface area contributed by atoms with Gasteiger partial charge in [0.25, 0.3) is 0 Å². The van der Waals surface area contributed by atoms with Crippen molar-refractivity contribution in [1.29, 1.82) is 0 Å². The molecule has 2 saturated heterocycles. The Bertz CT molecular complexity index is 1100. The molecule has 2 N–H and O–H groups in total. The molecule has 0 amide bonds. The maximum atomic E-state index is 12.5. The summed E-state index contributed by atoms with van der Waals surface area (Å²) in [6, 6.07) is 0. The summed E-state index contributed by atoms with van der Waals surface area (Å²) in [5.41, 5.74) is -2.28. The van der Waals surface area contributed by atoms with Gasteiger partial charge in [-0.05, 0) is 81.6 Å². The van der Waals surface area contributed by atoms with Crippen molar-refractivity contribution in [2.45, 2.75) is 258 Å². The van der Waals surface area contributed by atoms with Crippen LogP contribution in [0, 0.1) is 5.92 Å².